The molecule has 0 saturated carbocycles. The van der Waals surface area contributed by atoms with E-state index in [9.17, 15) is 34.5 Å². The highest BCUT2D eigenvalue weighted by Crippen LogP contribution is 2.18. The number of aliphatic carboxylic acids is 1. The summed E-state index contributed by atoms with van der Waals surface area (Å²) in [6, 6.07) is 2.29. The highest BCUT2D eigenvalue weighted by molar-refractivity contribution is 5.94. The van der Waals surface area contributed by atoms with E-state index < -0.39 is 67.0 Å². The van der Waals surface area contributed by atoms with Gasteiger partial charge in [0, 0.05) is 17.1 Å². The monoisotopic (exact) mass is 477 g/mol. The molecule has 0 radical (unpaired) electrons. The number of H-pyrrole nitrogens is 1. The standard InChI is InChI=1S/C22H31N5O7/c1-11(2)18(22(33)34)27-21(32)17(10-29)26-20(31)16(9-28)25-19(30)14(23)7-12-8-24-15-6-4-3-5-13(12)15/h3-6,8,11,14,16-18,24,28-29H,7,9-10,23H2,1-2H3,(H,25,30)(H,26,31)(H,27,32)(H,33,34). The minimum Gasteiger partial charge on any atom is -0.480 e. The number of carbonyl (C=O) groups is 4. The average molecular weight is 478 g/mol. The zero-order chi connectivity index (χ0) is 25.4. The highest BCUT2D eigenvalue weighted by atomic mass is 16.4. The Kier molecular flexibility index (Phi) is 9.54. The Morgan fingerprint density at radius 3 is 2.06 bits per heavy atom. The molecule has 2 aromatic rings. The molecule has 1 aromatic carbocycles. The molecule has 0 aliphatic heterocycles. The number of aromatic amines is 1. The van der Waals surface area contributed by atoms with Crippen molar-refractivity contribution >= 4 is 34.6 Å². The molecule has 12 heteroatoms. The molecular formula is C22H31N5O7. The van der Waals surface area contributed by atoms with Gasteiger partial charge in [-0.25, -0.2) is 4.79 Å². The topological polar surface area (TPSA) is 207 Å². The third-order valence-corrected chi connectivity index (χ3v) is 5.31. The lowest BCUT2D eigenvalue weighted by Crippen LogP contribution is -2.59. The number of rotatable bonds is 12. The number of hydrogen-bond acceptors (Lipinski definition) is 7. The molecule has 4 atom stereocenters. The van der Waals surface area contributed by atoms with Gasteiger partial charge in [0.1, 0.15) is 18.1 Å². The molecule has 4 unspecified atom stereocenters. The first-order chi connectivity index (χ1) is 16.1. The van der Waals surface area contributed by atoms with E-state index in [1.807, 2.05) is 24.3 Å². The lowest BCUT2D eigenvalue weighted by molar-refractivity contribution is -0.143. The highest BCUT2D eigenvalue weighted by Gasteiger charge is 2.31. The van der Waals surface area contributed by atoms with Crippen molar-refractivity contribution in [2.45, 2.75) is 44.4 Å². The maximum Gasteiger partial charge on any atom is 0.326 e. The molecule has 9 N–H and O–H groups in total. The zero-order valence-corrected chi connectivity index (χ0v) is 18.9. The van der Waals surface area contributed by atoms with Gasteiger partial charge >= 0.3 is 5.97 Å². The number of carbonyl (C=O) groups excluding carboxylic acids is 3. The second-order valence-electron chi connectivity index (χ2n) is 8.23. The SMILES string of the molecule is CC(C)C(NC(=O)C(CO)NC(=O)C(CO)NC(=O)C(N)Cc1c[nH]c2ccccc12)C(=O)O. The molecule has 0 spiro atoms. The van der Waals surface area contributed by atoms with Crippen LogP contribution in [-0.4, -0.2) is 81.4 Å². The fourth-order valence-corrected chi connectivity index (χ4v) is 3.34. The van der Waals surface area contributed by atoms with E-state index in [1.165, 1.54) is 0 Å². The quantitative estimate of drug-likeness (QED) is 0.175. The van der Waals surface area contributed by atoms with Gasteiger partial charge in [-0.15, -0.1) is 0 Å². The van der Waals surface area contributed by atoms with Crippen LogP contribution in [0.4, 0.5) is 0 Å². The molecule has 0 aliphatic carbocycles. The molecule has 1 heterocycles. The Labute approximate surface area is 195 Å². The number of amides is 3. The van der Waals surface area contributed by atoms with Crippen LogP contribution in [0.15, 0.2) is 30.5 Å². The molecule has 12 nitrogen and oxygen atoms in total. The summed E-state index contributed by atoms with van der Waals surface area (Å²) in [5, 5.41) is 35.9. The summed E-state index contributed by atoms with van der Waals surface area (Å²) >= 11 is 0. The first-order valence-electron chi connectivity index (χ1n) is 10.7. The largest absolute Gasteiger partial charge is 0.480 e. The smallest absolute Gasteiger partial charge is 0.326 e. The molecule has 0 fully saturated rings. The normalized spacial score (nSPS) is 14.8. The summed E-state index contributed by atoms with van der Waals surface area (Å²) in [5.41, 5.74) is 7.68. The number of hydrogen-bond donors (Lipinski definition) is 8. The Balaban J connectivity index is 1.98. The van der Waals surface area contributed by atoms with Crippen LogP contribution >= 0.6 is 0 Å². The first-order valence-corrected chi connectivity index (χ1v) is 10.7. The number of aliphatic hydroxyl groups is 2. The minimum atomic E-state index is -1.49. The van der Waals surface area contributed by atoms with Gasteiger partial charge in [-0.2, -0.15) is 0 Å². The van der Waals surface area contributed by atoms with Crippen LogP contribution in [-0.2, 0) is 25.6 Å². The Morgan fingerprint density at radius 2 is 1.50 bits per heavy atom. The number of aliphatic hydroxyl groups excluding tert-OH is 2. The number of para-hydroxylation sites is 1. The van der Waals surface area contributed by atoms with Crippen molar-refractivity contribution < 1.29 is 34.5 Å². The summed E-state index contributed by atoms with van der Waals surface area (Å²) in [6.45, 7) is 1.56. The number of carboxylic acid groups (broad SMARTS) is 1. The van der Waals surface area contributed by atoms with Gasteiger partial charge < -0.3 is 42.0 Å². The number of nitrogens with two attached hydrogens (primary N) is 1. The number of aromatic nitrogens is 1. The molecule has 186 valence electrons. The summed E-state index contributed by atoms with van der Waals surface area (Å²) in [7, 11) is 0. The third-order valence-electron chi connectivity index (χ3n) is 5.31. The molecule has 0 saturated heterocycles. The van der Waals surface area contributed by atoms with E-state index >= 15 is 0 Å². The second-order valence-corrected chi connectivity index (χ2v) is 8.23. The molecule has 1 aromatic heterocycles. The molecule has 0 aliphatic rings. The van der Waals surface area contributed by atoms with Crippen molar-refractivity contribution in [2.24, 2.45) is 11.7 Å². The van der Waals surface area contributed by atoms with Gasteiger partial charge in [0.2, 0.25) is 17.7 Å². The number of nitrogens with one attached hydrogen (secondary N) is 4. The fourth-order valence-electron chi connectivity index (χ4n) is 3.34. The first kappa shape index (κ1) is 26.8. The summed E-state index contributed by atoms with van der Waals surface area (Å²) < 4.78 is 0. The van der Waals surface area contributed by atoms with Crippen molar-refractivity contribution in [1.82, 2.24) is 20.9 Å². The molecule has 0 bridgehead atoms. The van der Waals surface area contributed by atoms with Crippen LogP contribution in [0.1, 0.15) is 19.4 Å². The van der Waals surface area contributed by atoms with Crippen LogP contribution in [0, 0.1) is 5.92 Å². The molecule has 34 heavy (non-hydrogen) atoms. The van der Waals surface area contributed by atoms with E-state index in [2.05, 4.69) is 20.9 Å². The lowest BCUT2D eigenvalue weighted by atomic mass is 10.0. The summed E-state index contributed by atoms with van der Waals surface area (Å²) in [5.74, 6) is -4.28. The summed E-state index contributed by atoms with van der Waals surface area (Å²) in [4.78, 5) is 51.7. The van der Waals surface area contributed by atoms with E-state index in [-0.39, 0.29) is 6.42 Å². The number of fused-ring (bicyclic) bond motifs is 1. The Morgan fingerprint density at radius 1 is 0.941 bits per heavy atom. The number of carboxylic acids is 1. The van der Waals surface area contributed by atoms with E-state index in [0.29, 0.717) is 0 Å². The van der Waals surface area contributed by atoms with Gasteiger partial charge in [0.25, 0.3) is 0 Å². The number of benzene rings is 1. The van der Waals surface area contributed by atoms with Gasteiger partial charge in [0.15, 0.2) is 0 Å². The Hall–Kier alpha value is -3.48. The fraction of sp³-hybridized carbons (Fsp3) is 0.455. The van der Waals surface area contributed by atoms with Crippen molar-refractivity contribution in [3.63, 3.8) is 0 Å². The summed E-state index contributed by atoms with van der Waals surface area (Å²) in [6.07, 6.45) is 1.91. The molecule has 2 rings (SSSR count). The average Bonchev–Trinajstić information content (AvgIpc) is 3.21. The van der Waals surface area contributed by atoms with Crippen LogP contribution in [0.2, 0.25) is 0 Å². The van der Waals surface area contributed by atoms with E-state index in [1.54, 1.807) is 20.0 Å². The van der Waals surface area contributed by atoms with Gasteiger partial charge in [0.05, 0.1) is 19.3 Å². The van der Waals surface area contributed by atoms with Crippen molar-refractivity contribution in [3.05, 3.63) is 36.0 Å². The van der Waals surface area contributed by atoms with Crippen LogP contribution in [0.5, 0.6) is 0 Å². The van der Waals surface area contributed by atoms with Crippen LogP contribution < -0.4 is 21.7 Å². The van der Waals surface area contributed by atoms with Gasteiger partial charge in [-0.1, -0.05) is 32.0 Å². The van der Waals surface area contributed by atoms with E-state index in [4.69, 9.17) is 5.73 Å². The predicted octanol–water partition coefficient (Wildman–Crippen LogP) is -1.78. The second kappa shape index (κ2) is 12.1. The van der Waals surface area contributed by atoms with Crippen molar-refractivity contribution in [3.8, 4) is 0 Å². The molecular weight excluding hydrogens is 446 g/mol. The van der Waals surface area contributed by atoms with Gasteiger partial charge in [-0.05, 0) is 24.0 Å². The lowest BCUT2D eigenvalue weighted by Gasteiger charge is -2.24. The molecule has 3 amide bonds. The maximum absolute atomic E-state index is 12.5. The van der Waals surface area contributed by atoms with Crippen LogP contribution in [0.3, 0.4) is 0 Å². The Bertz CT molecular complexity index is 1020. The van der Waals surface area contributed by atoms with Crippen LogP contribution in [0.25, 0.3) is 10.9 Å². The zero-order valence-electron chi connectivity index (χ0n) is 18.9. The third kappa shape index (κ3) is 6.76. The van der Waals surface area contributed by atoms with E-state index in [0.717, 1.165) is 16.5 Å². The van der Waals surface area contributed by atoms with Crippen molar-refractivity contribution in [2.75, 3.05) is 13.2 Å². The minimum absolute atomic E-state index is 0.170. The predicted molar refractivity (Wildman–Crippen MR) is 122 cm³/mol. The maximum atomic E-state index is 12.5. The van der Waals surface area contributed by atoms with Crippen molar-refractivity contribution in [1.29, 1.82) is 0 Å². The van der Waals surface area contributed by atoms with Gasteiger partial charge in [-0.3, -0.25) is 14.4 Å².